The van der Waals surface area contributed by atoms with Gasteiger partial charge in [-0.25, -0.2) is 0 Å². The number of carbonyl (C=O) groups is 4. The van der Waals surface area contributed by atoms with E-state index in [0.29, 0.717) is 51.1 Å². The Morgan fingerprint density at radius 3 is 2.24 bits per heavy atom. The quantitative estimate of drug-likeness (QED) is 0.143. The van der Waals surface area contributed by atoms with Crippen LogP contribution < -0.4 is 10.1 Å². The van der Waals surface area contributed by atoms with Gasteiger partial charge >= 0.3 is 0 Å². The summed E-state index contributed by atoms with van der Waals surface area (Å²) in [6.07, 6.45) is 2.36. The molecule has 4 aromatic rings. The molecule has 2 fully saturated rings. The molecular formula is C44H46N4O6. The summed E-state index contributed by atoms with van der Waals surface area (Å²) in [6, 6.07) is 31.0. The Bertz CT molecular complexity index is 2040. The van der Waals surface area contributed by atoms with Gasteiger partial charge in [0.25, 0.3) is 5.91 Å². The molecule has 10 heteroatoms. The van der Waals surface area contributed by atoms with Crippen molar-refractivity contribution in [1.29, 1.82) is 0 Å². The second kappa shape index (κ2) is 16.5. The van der Waals surface area contributed by atoms with Crippen molar-refractivity contribution in [1.82, 2.24) is 20.0 Å². The summed E-state index contributed by atoms with van der Waals surface area (Å²) < 4.78 is 6.16. The molecule has 0 radical (unpaired) electrons. The maximum absolute atomic E-state index is 13.1. The maximum atomic E-state index is 13.1. The molecule has 0 aromatic heterocycles. The molecule has 0 spiro atoms. The molecule has 4 amide bonds. The summed E-state index contributed by atoms with van der Waals surface area (Å²) >= 11 is 0. The molecule has 2 saturated heterocycles. The van der Waals surface area contributed by atoms with Crippen LogP contribution in [0, 0.1) is 0 Å². The predicted molar refractivity (Wildman–Crippen MR) is 207 cm³/mol. The molecule has 1 unspecified atom stereocenters. The molecular weight excluding hydrogens is 681 g/mol. The van der Waals surface area contributed by atoms with Gasteiger partial charge in [0.1, 0.15) is 24.1 Å². The minimum absolute atomic E-state index is 0.118. The zero-order valence-corrected chi connectivity index (χ0v) is 30.6. The van der Waals surface area contributed by atoms with Crippen LogP contribution in [0.1, 0.15) is 70.8 Å². The number of amides is 4. The molecule has 4 aromatic carbocycles. The Kier molecular flexibility index (Phi) is 11.2. The lowest BCUT2D eigenvalue weighted by atomic mass is 9.88. The van der Waals surface area contributed by atoms with E-state index in [4.69, 9.17) is 4.74 Å². The Morgan fingerprint density at radius 2 is 1.56 bits per heavy atom. The van der Waals surface area contributed by atoms with Gasteiger partial charge in [-0.05, 0) is 88.6 Å². The number of aryl methyl sites for hydroxylation is 1. The van der Waals surface area contributed by atoms with E-state index in [1.165, 1.54) is 11.1 Å². The number of benzene rings is 4. The first-order chi connectivity index (χ1) is 26.3. The monoisotopic (exact) mass is 726 g/mol. The third kappa shape index (κ3) is 8.24. The second-order valence-corrected chi connectivity index (χ2v) is 14.1. The van der Waals surface area contributed by atoms with E-state index in [1.54, 1.807) is 23.1 Å². The number of allylic oxidation sites excluding steroid dienone is 1. The lowest BCUT2D eigenvalue weighted by molar-refractivity contribution is -0.137. The summed E-state index contributed by atoms with van der Waals surface area (Å²) in [7, 11) is 0. The normalized spacial score (nSPS) is 17.9. The van der Waals surface area contributed by atoms with Gasteiger partial charge in [0.05, 0.1) is 0 Å². The van der Waals surface area contributed by atoms with Crippen LogP contribution >= 0.6 is 0 Å². The molecule has 3 heterocycles. The number of rotatable bonds is 12. The Labute approximate surface area is 316 Å². The lowest BCUT2D eigenvalue weighted by Crippen LogP contribution is -2.52. The van der Waals surface area contributed by atoms with Crippen molar-refractivity contribution in [2.24, 2.45) is 0 Å². The smallest absolute Gasteiger partial charge is 0.255 e. The molecule has 1 atom stereocenters. The summed E-state index contributed by atoms with van der Waals surface area (Å²) in [5.74, 6) is 0.239. The number of hydrogen-bond donors (Lipinski definition) is 2. The topological polar surface area (TPSA) is 119 Å². The Hall–Kier alpha value is -5.74. The summed E-state index contributed by atoms with van der Waals surface area (Å²) in [4.78, 5) is 55.9. The minimum atomic E-state index is -0.640. The number of piperidine rings is 1. The van der Waals surface area contributed by atoms with Gasteiger partial charge in [-0.3, -0.25) is 29.4 Å². The number of aromatic hydroxyl groups is 1. The molecule has 3 aliphatic rings. The van der Waals surface area contributed by atoms with Crippen LogP contribution in [-0.4, -0.2) is 88.8 Å². The van der Waals surface area contributed by atoms with E-state index >= 15 is 0 Å². The molecule has 0 aliphatic carbocycles. The fourth-order valence-electron chi connectivity index (χ4n) is 7.73. The highest BCUT2D eigenvalue weighted by Gasteiger charge is 2.39. The lowest BCUT2D eigenvalue weighted by Gasteiger charge is -2.34. The van der Waals surface area contributed by atoms with Gasteiger partial charge in [-0.1, -0.05) is 73.7 Å². The van der Waals surface area contributed by atoms with Crippen molar-refractivity contribution in [2.75, 3.05) is 39.3 Å². The fourth-order valence-corrected chi connectivity index (χ4v) is 7.73. The summed E-state index contributed by atoms with van der Waals surface area (Å²) in [6.45, 7) is 6.70. The van der Waals surface area contributed by atoms with E-state index in [0.717, 1.165) is 59.6 Å². The second-order valence-electron chi connectivity index (χ2n) is 14.1. The highest BCUT2D eigenvalue weighted by molar-refractivity contribution is 6.05. The number of nitrogens with zero attached hydrogens (tertiary/aromatic N) is 3. The van der Waals surface area contributed by atoms with Gasteiger partial charge in [0.15, 0.2) is 0 Å². The first-order valence-corrected chi connectivity index (χ1v) is 18.8. The minimum Gasteiger partial charge on any atom is -0.508 e. The molecule has 54 heavy (non-hydrogen) atoms. The van der Waals surface area contributed by atoms with Crippen LogP contribution in [0.2, 0.25) is 0 Å². The number of carbonyl (C=O) groups excluding carboxylic acids is 4. The zero-order chi connectivity index (χ0) is 37.6. The van der Waals surface area contributed by atoms with Crippen LogP contribution in [-0.2, 0) is 27.3 Å². The van der Waals surface area contributed by atoms with E-state index in [-0.39, 0.29) is 29.9 Å². The zero-order valence-electron chi connectivity index (χ0n) is 30.6. The number of hydrogen-bond acceptors (Lipinski definition) is 7. The van der Waals surface area contributed by atoms with E-state index in [1.807, 2.05) is 47.4 Å². The molecule has 7 rings (SSSR count). The van der Waals surface area contributed by atoms with Crippen LogP contribution in [0.15, 0.2) is 97.1 Å². The first-order valence-electron chi connectivity index (χ1n) is 18.8. The number of nitrogens with one attached hydrogen (secondary N) is 1. The summed E-state index contributed by atoms with van der Waals surface area (Å²) in [5.41, 5.74) is 8.07. The number of piperazine rings is 1. The largest absolute Gasteiger partial charge is 0.508 e. The average Bonchev–Trinajstić information content (AvgIpc) is 3.52. The van der Waals surface area contributed by atoms with Crippen LogP contribution in [0.4, 0.5) is 0 Å². The standard InChI is InChI=1S/C44H46N4O6/c1-2-37(31-6-4-3-5-7-31)42(32-10-14-35(49)15-11-32)33-12-16-36(17-13-33)54-27-26-46-22-24-47(25-23-46)41(51)21-9-30-8-18-38-34(28-30)29-48(44(38)53)39-19-20-40(50)45-43(39)52/h3-8,10-18,28,39,49H,2,9,19-27,29H2,1H3,(H,45,50,52). The number of phenolic OH excluding ortho intramolecular Hbond substituents is 1. The number of fused-ring (bicyclic) bond motifs is 1. The van der Waals surface area contributed by atoms with Crippen molar-refractivity contribution in [3.63, 3.8) is 0 Å². The fraction of sp³-hybridized carbons (Fsp3) is 0.318. The maximum Gasteiger partial charge on any atom is 0.255 e. The van der Waals surface area contributed by atoms with E-state index < -0.39 is 11.9 Å². The molecule has 0 bridgehead atoms. The van der Waals surface area contributed by atoms with Crippen molar-refractivity contribution >= 4 is 34.8 Å². The summed E-state index contributed by atoms with van der Waals surface area (Å²) in [5, 5.41) is 12.3. The molecule has 0 saturated carbocycles. The third-order valence-corrected chi connectivity index (χ3v) is 10.7. The van der Waals surface area contributed by atoms with Crippen LogP contribution in [0.5, 0.6) is 11.5 Å². The Balaban J connectivity index is 0.876. The average molecular weight is 727 g/mol. The van der Waals surface area contributed by atoms with E-state index in [2.05, 4.69) is 53.5 Å². The number of ether oxygens (including phenoxy) is 1. The van der Waals surface area contributed by atoms with Gasteiger partial charge in [0.2, 0.25) is 17.7 Å². The van der Waals surface area contributed by atoms with E-state index in [9.17, 15) is 24.3 Å². The third-order valence-electron chi connectivity index (χ3n) is 10.7. The van der Waals surface area contributed by atoms with Crippen molar-refractivity contribution in [3.05, 3.63) is 130 Å². The number of imide groups is 1. The van der Waals surface area contributed by atoms with Gasteiger partial charge < -0.3 is 19.6 Å². The van der Waals surface area contributed by atoms with Crippen molar-refractivity contribution < 1.29 is 29.0 Å². The predicted octanol–water partition coefficient (Wildman–Crippen LogP) is 5.68. The Morgan fingerprint density at radius 1 is 0.852 bits per heavy atom. The number of phenols is 1. The molecule has 278 valence electrons. The highest BCUT2D eigenvalue weighted by Crippen LogP contribution is 2.36. The highest BCUT2D eigenvalue weighted by atomic mass is 16.5. The van der Waals surface area contributed by atoms with Crippen molar-refractivity contribution in [2.45, 2.75) is 51.6 Å². The SMILES string of the molecule is CCC(=C(c1ccc(O)cc1)c1ccc(OCCN2CCN(C(=O)CCc3ccc4c(c3)CN(C3CCC(=O)NC3=O)C4=O)CC2)cc1)c1ccccc1. The first kappa shape index (κ1) is 36.6. The van der Waals surface area contributed by atoms with Crippen LogP contribution in [0.3, 0.4) is 0 Å². The van der Waals surface area contributed by atoms with Crippen molar-refractivity contribution in [3.8, 4) is 11.5 Å². The van der Waals surface area contributed by atoms with Gasteiger partial charge in [-0.2, -0.15) is 0 Å². The molecule has 10 nitrogen and oxygen atoms in total. The molecule has 2 N–H and O–H groups in total. The molecule has 3 aliphatic heterocycles. The van der Waals surface area contributed by atoms with Gasteiger partial charge in [0, 0.05) is 57.7 Å². The van der Waals surface area contributed by atoms with Crippen LogP contribution in [0.25, 0.3) is 11.1 Å². The van der Waals surface area contributed by atoms with Gasteiger partial charge in [-0.15, -0.1) is 0 Å².